The van der Waals surface area contributed by atoms with Crippen LogP contribution in [0.4, 0.5) is 0 Å². The summed E-state index contributed by atoms with van der Waals surface area (Å²) in [6.07, 6.45) is 3.66. The molecule has 4 nitrogen and oxygen atoms in total. The van der Waals surface area contributed by atoms with Gasteiger partial charge in [0.05, 0.1) is 17.6 Å². The number of rotatable bonds is 2. The highest BCUT2D eigenvalue weighted by atomic mass is 32.1. The molecule has 0 aliphatic carbocycles. The summed E-state index contributed by atoms with van der Waals surface area (Å²) in [4.78, 5) is 18.9. The van der Waals surface area contributed by atoms with Crippen LogP contribution in [0.3, 0.4) is 0 Å². The molecule has 1 aliphatic heterocycles. The van der Waals surface area contributed by atoms with Gasteiger partial charge in [0.15, 0.2) is 0 Å². The summed E-state index contributed by atoms with van der Waals surface area (Å²) < 4.78 is 0. The van der Waals surface area contributed by atoms with E-state index in [4.69, 9.17) is 5.73 Å². The molecule has 1 fully saturated rings. The van der Waals surface area contributed by atoms with Gasteiger partial charge in [-0.15, -0.1) is 11.3 Å². The van der Waals surface area contributed by atoms with Crippen LogP contribution < -0.4 is 5.73 Å². The van der Waals surface area contributed by atoms with E-state index < -0.39 is 0 Å². The molecule has 0 aromatic carbocycles. The number of piperidine rings is 1. The second kappa shape index (κ2) is 4.28. The summed E-state index contributed by atoms with van der Waals surface area (Å²) in [5.41, 5.74) is 5.72. The highest BCUT2D eigenvalue weighted by Gasteiger charge is 2.25. The SMILES string of the molecule is Cc1ncc(CN2CCCC(N)C2=O)s1. The molecule has 2 N–H and O–H groups in total. The summed E-state index contributed by atoms with van der Waals surface area (Å²) in [7, 11) is 0. The minimum Gasteiger partial charge on any atom is -0.336 e. The molecule has 0 radical (unpaired) electrons. The molecule has 1 unspecified atom stereocenters. The standard InChI is InChI=1S/C10H15N3OS/c1-7-12-5-8(15-7)6-13-4-2-3-9(11)10(13)14/h5,9H,2-4,6,11H2,1H3. The molecule has 1 aromatic heterocycles. The molecule has 1 aliphatic rings. The number of hydrogen-bond donors (Lipinski definition) is 1. The van der Waals surface area contributed by atoms with Crippen molar-refractivity contribution in [1.82, 2.24) is 9.88 Å². The summed E-state index contributed by atoms with van der Waals surface area (Å²) >= 11 is 1.64. The van der Waals surface area contributed by atoms with Crippen LogP contribution in [0, 0.1) is 6.92 Å². The second-order valence-electron chi connectivity index (χ2n) is 3.85. The number of nitrogens with two attached hydrogens (primary N) is 1. The van der Waals surface area contributed by atoms with Crippen LogP contribution in [0.25, 0.3) is 0 Å². The number of likely N-dealkylation sites (tertiary alicyclic amines) is 1. The molecule has 0 bridgehead atoms. The maximum atomic E-state index is 11.7. The lowest BCUT2D eigenvalue weighted by Crippen LogP contribution is -2.47. The van der Waals surface area contributed by atoms with Crippen LogP contribution in [0.15, 0.2) is 6.20 Å². The first-order valence-electron chi connectivity index (χ1n) is 5.12. The van der Waals surface area contributed by atoms with E-state index in [9.17, 15) is 4.79 Å². The Morgan fingerprint density at radius 1 is 1.73 bits per heavy atom. The largest absolute Gasteiger partial charge is 0.336 e. The monoisotopic (exact) mass is 225 g/mol. The zero-order chi connectivity index (χ0) is 10.8. The number of carbonyl (C=O) groups excluding carboxylic acids is 1. The molecule has 1 atom stereocenters. The Bertz CT molecular complexity index is 363. The fourth-order valence-corrected chi connectivity index (χ4v) is 2.60. The Labute approximate surface area is 93.1 Å². The maximum absolute atomic E-state index is 11.7. The molecule has 1 saturated heterocycles. The first kappa shape index (κ1) is 10.6. The molecule has 0 spiro atoms. The molecule has 5 heteroatoms. The molecule has 1 amide bonds. The number of nitrogens with zero attached hydrogens (tertiary/aromatic N) is 2. The van der Waals surface area contributed by atoms with Gasteiger partial charge in [0.1, 0.15) is 0 Å². The van der Waals surface area contributed by atoms with Crippen molar-refractivity contribution in [3.8, 4) is 0 Å². The molecule has 15 heavy (non-hydrogen) atoms. The van der Waals surface area contributed by atoms with Crippen molar-refractivity contribution in [1.29, 1.82) is 0 Å². The van der Waals surface area contributed by atoms with E-state index in [0.717, 1.165) is 29.3 Å². The number of aryl methyl sites for hydroxylation is 1. The lowest BCUT2D eigenvalue weighted by molar-refractivity contribution is -0.135. The Morgan fingerprint density at radius 2 is 2.53 bits per heavy atom. The van der Waals surface area contributed by atoms with Crippen LogP contribution in [0.1, 0.15) is 22.7 Å². The van der Waals surface area contributed by atoms with Gasteiger partial charge in [-0.2, -0.15) is 0 Å². The second-order valence-corrected chi connectivity index (χ2v) is 5.17. The molecular weight excluding hydrogens is 210 g/mol. The molecule has 2 heterocycles. The third-order valence-corrected chi connectivity index (χ3v) is 3.49. The number of carbonyl (C=O) groups is 1. The van der Waals surface area contributed by atoms with Gasteiger partial charge >= 0.3 is 0 Å². The molecule has 82 valence electrons. The van der Waals surface area contributed by atoms with Crippen molar-refractivity contribution in [3.05, 3.63) is 16.1 Å². The smallest absolute Gasteiger partial charge is 0.239 e. The molecule has 2 rings (SSSR count). The van der Waals surface area contributed by atoms with E-state index in [-0.39, 0.29) is 11.9 Å². The third kappa shape index (κ3) is 2.35. The Balaban J connectivity index is 2.02. The van der Waals surface area contributed by atoms with Crippen molar-refractivity contribution in [3.63, 3.8) is 0 Å². The van der Waals surface area contributed by atoms with Crippen LogP contribution in [0.2, 0.25) is 0 Å². The third-order valence-electron chi connectivity index (χ3n) is 2.59. The predicted octanol–water partition coefficient (Wildman–Crippen LogP) is 0.901. The minimum absolute atomic E-state index is 0.0762. The fourth-order valence-electron chi connectivity index (χ4n) is 1.79. The summed E-state index contributed by atoms with van der Waals surface area (Å²) in [6, 6.07) is -0.298. The number of hydrogen-bond acceptors (Lipinski definition) is 4. The van der Waals surface area contributed by atoms with Gasteiger partial charge < -0.3 is 10.6 Å². The number of aromatic nitrogens is 1. The molecule has 1 aromatic rings. The van der Waals surface area contributed by atoms with Gasteiger partial charge in [0.25, 0.3) is 0 Å². The van der Waals surface area contributed by atoms with Crippen molar-refractivity contribution in [2.75, 3.05) is 6.54 Å². The van der Waals surface area contributed by atoms with E-state index in [0.29, 0.717) is 6.54 Å². The van der Waals surface area contributed by atoms with Crippen molar-refractivity contribution in [2.24, 2.45) is 5.73 Å². The Morgan fingerprint density at radius 3 is 3.20 bits per heavy atom. The first-order chi connectivity index (χ1) is 7.16. The highest BCUT2D eigenvalue weighted by molar-refractivity contribution is 7.11. The maximum Gasteiger partial charge on any atom is 0.239 e. The van der Waals surface area contributed by atoms with Crippen LogP contribution in [-0.2, 0) is 11.3 Å². The van der Waals surface area contributed by atoms with Crippen molar-refractivity contribution < 1.29 is 4.79 Å². The summed E-state index contributed by atoms with van der Waals surface area (Å²) in [5, 5.41) is 1.04. The Hall–Kier alpha value is -0.940. The lowest BCUT2D eigenvalue weighted by Gasteiger charge is -2.29. The van der Waals surface area contributed by atoms with Gasteiger partial charge in [-0.05, 0) is 19.8 Å². The summed E-state index contributed by atoms with van der Waals surface area (Å²) in [5.74, 6) is 0.0762. The van der Waals surface area contributed by atoms with Crippen LogP contribution in [-0.4, -0.2) is 28.4 Å². The average molecular weight is 225 g/mol. The minimum atomic E-state index is -0.298. The lowest BCUT2D eigenvalue weighted by atomic mass is 10.1. The van der Waals surface area contributed by atoms with E-state index in [1.54, 1.807) is 11.3 Å². The Kier molecular flexibility index (Phi) is 3.02. The quantitative estimate of drug-likeness (QED) is 0.813. The highest BCUT2D eigenvalue weighted by Crippen LogP contribution is 2.17. The van der Waals surface area contributed by atoms with E-state index in [1.165, 1.54) is 0 Å². The van der Waals surface area contributed by atoms with Gasteiger partial charge in [-0.25, -0.2) is 4.98 Å². The number of amides is 1. The van der Waals surface area contributed by atoms with Gasteiger partial charge in [-0.3, -0.25) is 4.79 Å². The van der Waals surface area contributed by atoms with Crippen molar-refractivity contribution in [2.45, 2.75) is 32.4 Å². The van der Waals surface area contributed by atoms with Crippen LogP contribution >= 0.6 is 11.3 Å². The predicted molar refractivity (Wildman–Crippen MR) is 59.5 cm³/mol. The molecular formula is C10H15N3OS. The normalized spacial score (nSPS) is 22.1. The van der Waals surface area contributed by atoms with E-state index in [2.05, 4.69) is 4.98 Å². The van der Waals surface area contributed by atoms with E-state index >= 15 is 0 Å². The zero-order valence-corrected chi connectivity index (χ0v) is 9.59. The number of thiazole rings is 1. The van der Waals surface area contributed by atoms with Gasteiger partial charge in [0, 0.05) is 17.6 Å². The zero-order valence-electron chi connectivity index (χ0n) is 8.77. The van der Waals surface area contributed by atoms with Crippen LogP contribution in [0.5, 0.6) is 0 Å². The topological polar surface area (TPSA) is 59.2 Å². The molecule has 0 saturated carbocycles. The first-order valence-corrected chi connectivity index (χ1v) is 5.94. The summed E-state index contributed by atoms with van der Waals surface area (Å²) in [6.45, 7) is 3.46. The fraction of sp³-hybridized carbons (Fsp3) is 0.600. The van der Waals surface area contributed by atoms with Crippen molar-refractivity contribution >= 4 is 17.2 Å². The van der Waals surface area contributed by atoms with Gasteiger partial charge in [-0.1, -0.05) is 0 Å². The average Bonchev–Trinajstić information content (AvgIpc) is 2.59. The van der Waals surface area contributed by atoms with E-state index in [1.807, 2.05) is 18.0 Å². The van der Waals surface area contributed by atoms with Gasteiger partial charge in [0.2, 0.25) is 5.91 Å².